The minimum atomic E-state index is -0.171. The third-order valence-corrected chi connectivity index (χ3v) is 4.52. The summed E-state index contributed by atoms with van der Waals surface area (Å²) in [6, 6.07) is 0. The highest BCUT2D eigenvalue weighted by molar-refractivity contribution is 5.70. The minimum Gasteiger partial charge on any atom is -0.466 e. The average molecular weight is 397 g/mol. The fourth-order valence-corrected chi connectivity index (χ4v) is 2.84. The van der Waals surface area contributed by atoms with Gasteiger partial charge in [0, 0.05) is 12.8 Å². The number of hydrogen-bond donors (Lipinski definition) is 0. The van der Waals surface area contributed by atoms with Gasteiger partial charge in [-0.3, -0.25) is 9.59 Å². The Morgan fingerprint density at radius 1 is 0.714 bits per heavy atom. The lowest BCUT2D eigenvalue weighted by Crippen LogP contribution is -2.10. The molecule has 0 fully saturated rings. The van der Waals surface area contributed by atoms with Gasteiger partial charge in [0.15, 0.2) is 0 Å². The molecule has 0 saturated heterocycles. The van der Waals surface area contributed by atoms with E-state index in [2.05, 4.69) is 19.1 Å². The SMILES string of the molecule is CC/C=C/CCCCCCCCCCOC(=O)CCCCC(=O)OCC(C)C. The number of unbranched alkanes of at least 4 members (excludes halogenated alkanes) is 9. The molecule has 0 radical (unpaired) electrons. The van der Waals surface area contributed by atoms with Crippen LogP contribution in [0.15, 0.2) is 12.2 Å². The number of hydrogen-bond acceptors (Lipinski definition) is 4. The number of allylic oxidation sites excluding steroid dienone is 2. The Hall–Kier alpha value is -1.32. The Labute approximate surface area is 173 Å². The summed E-state index contributed by atoms with van der Waals surface area (Å²) in [4.78, 5) is 23.1. The van der Waals surface area contributed by atoms with E-state index < -0.39 is 0 Å². The lowest BCUT2D eigenvalue weighted by molar-refractivity contribution is -0.146. The summed E-state index contributed by atoms with van der Waals surface area (Å²) in [6.45, 7) is 7.19. The van der Waals surface area contributed by atoms with Crippen molar-refractivity contribution in [3.8, 4) is 0 Å². The van der Waals surface area contributed by atoms with E-state index in [-0.39, 0.29) is 11.9 Å². The van der Waals surface area contributed by atoms with Crippen molar-refractivity contribution in [1.29, 1.82) is 0 Å². The molecule has 0 aromatic carbocycles. The maximum absolute atomic E-state index is 11.7. The molecule has 0 aliphatic rings. The Bertz CT molecular complexity index is 401. The number of esters is 2. The normalized spacial score (nSPS) is 11.3. The summed E-state index contributed by atoms with van der Waals surface area (Å²) in [5, 5.41) is 0. The second kappa shape index (κ2) is 20.4. The molecule has 28 heavy (non-hydrogen) atoms. The van der Waals surface area contributed by atoms with Gasteiger partial charge in [0.05, 0.1) is 13.2 Å². The van der Waals surface area contributed by atoms with Crippen LogP contribution in [0.2, 0.25) is 0 Å². The van der Waals surface area contributed by atoms with Gasteiger partial charge in [-0.15, -0.1) is 0 Å². The van der Waals surface area contributed by atoms with E-state index in [4.69, 9.17) is 9.47 Å². The molecule has 0 saturated carbocycles. The van der Waals surface area contributed by atoms with Crippen LogP contribution >= 0.6 is 0 Å². The van der Waals surface area contributed by atoms with Crippen molar-refractivity contribution < 1.29 is 19.1 Å². The van der Waals surface area contributed by atoms with Gasteiger partial charge in [-0.1, -0.05) is 71.4 Å². The lowest BCUT2D eigenvalue weighted by Gasteiger charge is -2.07. The van der Waals surface area contributed by atoms with Crippen molar-refractivity contribution in [3.63, 3.8) is 0 Å². The number of carbonyl (C=O) groups is 2. The molecule has 0 aliphatic carbocycles. The maximum atomic E-state index is 11.7. The molecule has 0 heterocycles. The van der Waals surface area contributed by atoms with Crippen LogP contribution in [0.3, 0.4) is 0 Å². The monoisotopic (exact) mass is 396 g/mol. The summed E-state index contributed by atoms with van der Waals surface area (Å²) in [5.41, 5.74) is 0. The molecular weight excluding hydrogens is 352 g/mol. The zero-order valence-electron chi connectivity index (χ0n) is 18.7. The molecular formula is C24H44O4. The first-order valence-electron chi connectivity index (χ1n) is 11.5. The summed E-state index contributed by atoms with van der Waals surface area (Å²) >= 11 is 0. The van der Waals surface area contributed by atoms with Crippen LogP contribution < -0.4 is 0 Å². The highest BCUT2D eigenvalue weighted by Gasteiger charge is 2.07. The zero-order valence-corrected chi connectivity index (χ0v) is 18.7. The van der Waals surface area contributed by atoms with Crippen molar-refractivity contribution in [1.82, 2.24) is 0 Å². The molecule has 0 unspecified atom stereocenters. The molecule has 0 aliphatic heterocycles. The van der Waals surface area contributed by atoms with Gasteiger partial charge in [-0.25, -0.2) is 0 Å². The van der Waals surface area contributed by atoms with E-state index in [0.717, 1.165) is 19.3 Å². The molecule has 0 aromatic heterocycles. The smallest absolute Gasteiger partial charge is 0.305 e. The topological polar surface area (TPSA) is 52.6 Å². The van der Waals surface area contributed by atoms with E-state index >= 15 is 0 Å². The Morgan fingerprint density at radius 3 is 1.82 bits per heavy atom. The van der Waals surface area contributed by atoms with E-state index in [1.165, 1.54) is 44.9 Å². The van der Waals surface area contributed by atoms with Crippen LogP contribution in [0, 0.1) is 5.92 Å². The first-order chi connectivity index (χ1) is 13.6. The van der Waals surface area contributed by atoms with Crippen LogP contribution in [-0.4, -0.2) is 25.2 Å². The van der Waals surface area contributed by atoms with Crippen molar-refractivity contribution >= 4 is 11.9 Å². The molecule has 0 rings (SSSR count). The lowest BCUT2D eigenvalue weighted by atomic mass is 10.1. The second-order valence-corrected chi connectivity index (χ2v) is 8.00. The number of carbonyl (C=O) groups excluding carboxylic acids is 2. The third kappa shape index (κ3) is 21.0. The molecule has 0 amide bonds. The van der Waals surface area contributed by atoms with Crippen LogP contribution in [0.4, 0.5) is 0 Å². The predicted octanol–water partition coefficient (Wildman–Crippen LogP) is 6.77. The van der Waals surface area contributed by atoms with Gasteiger partial charge < -0.3 is 9.47 Å². The van der Waals surface area contributed by atoms with E-state index in [1.807, 2.05) is 13.8 Å². The van der Waals surface area contributed by atoms with Gasteiger partial charge in [0.25, 0.3) is 0 Å². The first kappa shape index (κ1) is 26.7. The van der Waals surface area contributed by atoms with Crippen LogP contribution in [0.5, 0.6) is 0 Å². The van der Waals surface area contributed by atoms with Crippen LogP contribution in [0.1, 0.15) is 111 Å². The fraction of sp³-hybridized carbons (Fsp3) is 0.833. The molecule has 0 atom stereocenters. The van der Waals surface area contributed by atoms with Gasteiger partial charge in [-0.05, 0) is 44.4 Å². The summed E-state index contributed by atoms with van der Waals surface area (Å²) < 4.78 is 10.4. The summed E-state index contributed by atoms with van der Waals surface area (Å²) in [7, 11) is 0. The second-order valence-electron chi connectivity index (χ2n) is 8.00. The third-order valence-electron chi connectivity index (χ3n) is 4.52. The van der Waals surface area contributed by atoms with Crippen molar-refractivity contribution in [2.24, 2.45) is 5.92 Å². The Balaban J connectivity index is 3.29. The number of ether oxygens (including phenoxy) is 2. The van der Waals surface area contributed by atoms with Crippen molar-refractivity contribution in [2.45, 2.75) is 111 Å². The van der Waals surface area contributed by atoms with Crippen LogP contribution in [0.25, 0.3) is 0 Å². The Morgan fingerprint density at radius 2 is 1.25 bits per heavy atom. The molecule has 4 nitrogen and oxygen atoms in total. The molecule has 164 valence electrons. The van der Waals surface area contributed by atoms with E-state index in [9.17, 15) is 9.59 Å². The van der Waals surface area contributed by atoms with Crippen molar-refractivity contribution in [3.05, 3.63) is 12.2 Å². The Kier molecular flexibility index (Phi) is 19.5. The van der Waals surface area contributed by atoms with Gasteiger partial charge in [-0.2, -0.15) is 0 Å². The molecule has 0 N–H and O–H groups in total. The van der Waals surface area contributed by atoms with Crippen LogP contribution in [-0.2, 0) is 19.1 Å². The van der Waals surface area contributed by atoms with Gasteiger partial charge in [0.2, 0.25) is 0 Å². The average Bonchev–Trinajstić information content (AvgIpc) is 2.67. The standard InChI is InChI=1S/C24H44O4/c1-4-5-6-7-8-9-10-11-12-13-14-17-20-27-23(25)18-15-16-19-24(26)28-21-22(2)3/h5-6,22H,4,7-21H2,1-3H3/b6-5+. The van der Waals surface area contributed by atoms with Crippen molar-refractivity contribution in [2.75, 3.05) is 13.2 Å². The molecule has 0 aromatic rings. The highest BCUT2D eigenvalue weighted by atomic mass is 16.5. The molecule has 0 spiro atoms. The maximum Gasteiger partial charge on any atom is 0.305 e. The quantitative estimate of drug-likeness (QED) is 0.137. The summed E-state index contributed by atoms with van der Waals surface area (Å²) in [6.07, 6.45) is 18.9. The first-order valence-corrected chi connectivity index (χ1v) is 11.5. The minimum absolute atomic E-state index is 0.146. The molecule has 0 bridgehead atoms. The van der Waals surface area contributed by atoms with E-state index in [0.29, 0.717) is 44.8 Å². The number of rotatable bonds is 19. The van der Waals surface area contributed by atoms with Gasteiger partial charge >= 0.3 is 11.9 Å². The molecule has 4 heteroatoms. The largest absolute Gasteiger partial charge is 0.466 e. The van der Waals surface area contributed by atoms with E-state index in [1.54, 1.807) is 0 Å². The predicted molar refractivity (Wildman–Crippen MR) is 116 cm³/mol. The van der Waals surface area contributed by atoms with Gasteiger partial charge in [0.1, 0.15) is 0 Å². The fourth-order valence-electron chi connectivity index (χ4n) is 2.84. The zero-order chi connectivity index (χ0) is 20.9. The highest BCUT2D eigenvalue weighted by Crippen LogP contribution is 2.10. The summed E-state index contributed by atoms with van der Waals surface area (Å²) in [5.74, 6) is 0.0416.